The summed E-state index contributed by atoms with van der Waals surface area (Å²) in [6, 6.07) is 7.56. The van der Waals surface area contributed by atoms with E-state index in [4.69, 9.17) is 5.73 Å². The molecule has 0 spiro atoms. The first-order chi connectivity index (χ1) is 9.22. The molecule has 1 aliphatic heterocycles. The number of likely N-dealkylation sites (tertiary alicyclic amines) is 1. The maximum atomic E-state index is 12.1. The fraction of sp³-hybridized carbons (Fsp3) is 0.438. The molecule has 1 heterocycles. The molecule has 1 saturated carbocycles. The van der Waals surface area contributed by atoms with E-state index in [9.17, 15) is 4.79 Å². The number of rotatable bonds is 2. The van der Waals surface area contributed by atoms with Crippen LogP contribution in [0.5, 0.6) is 0 Å². The molecule has 0 aromatic heterocycles. The predicted molar refractivity (Wildman–Crippen MR) is 77.3 cm³/mol. The highest BCUT2D eigenvalue weighted by atomic mass is 16.2. The predicted octanol–water partition coefficient (Wildman–Crippen LogP) is 2.54. The van der Waals surface area contributed by atoms with Crippen LogP contribution in [0.15, 0.2) is 30.3 Å². The maximum absolute atomic E-state index is 12.1. The average molecular weight is 256 g/mol. The topological polar surface area (TPSA) is 46.3 Å². The summed E-state index contributed by atoms with van der Waals surface area (Å²) in [5, 5.41) is 0. The summed E-state index contributed by atoms with van der Waals surface area (Å²) >= 11 is 0. The van der Waals surface area contributed by atoms with Crippen molar-refractivity contribution in [1.29, 1.82) is 0 Å². The van der Waals surface area contributed by atoms with E-state index in [0.717, 1.165) is 36.2 Å². The van der Waals surface area contributed by atoms with Crippen LogP contribution in [0.4, 0.5) is 5.69 Å². The molecule has 2 N–H and O–H groups in total. The molecule has 19 heavy (non-hydrogen) atoms. The number of amides is 1. The first-order valence-corrected chi connectivity index (χ1v) is 7.05. The standard InChI is InChI=1S/C16H20N2O/c17-15-7-4-12(5-8-15)6-9-16(19)18-10-13-2-1-3-14(13)11-18/h4-9,13-14H,1-3,10-11,17H2/b9-6+. The molecule has 2 aliphatic rings. The Bertz CT molecular complexity index is 480. The quantitative estimate of drug-likeness (QED) is 0.653. The fourth-order valence-electron chi connectivity index (χ4n) is 3.30. The smallest absolute Gasteiger partial charge is 0.246 e. The van der Waals surface area contributed by atoms with Gasteiger partial charge in [-0.05, 0) is 48.4 Å². The van der Waals surface area contributed by atoms with Crippen LogP contribution in [0.25, 0.3) is 6.08 Å². The Morgan fingerprint density at radius 3 is 2.42 bits per heavy atom. The molecule has 1 aliphatic carbocycles. The first-order valence-electron chi connectivity index (χ1n) is 7.05. The average Bonchev–Trinajstić information content (AvgIpc) is 2.98. The van der Waals surface area contributed by atoms with E-state index < -0.39 is 0 Å². The third-order valence-corrected chi connectivity index (χ3v) is 4.39. The van der Waals surface area contributed by atoms with E-state index in [-0.39, 0.29) is 5.91 Å². The van der Waals surface area contributed by atoms with E-state index in [0.29, 0.717) is 0 Å². The van der Waals surface area contributed by atoms with Crippen LogP contribution < -0.4 is 5.73 Å². The molecular weight excluding hydrogens is 236 g/mol. The molecule has 0 radical (unpaired) electrons. The van der Waals surface area contributed by atoms with Crippen molar-refractivity contribution >= 4 is 17.7 Å². The van der Waals surface area contributed by atoms with Gasteiger partial charge >= 0.3 is 0 Å². The van der Waals surface area contributed by atoms with Gasteiger partial charge in [-0.2, -0.15) is 0 Å². The number of nitrogen functional groups attached to an aromatic ring is 1. The minimum absolute atomic E-state index is 0.145. The summed E-state index contributed by atoms with van der Waals surface area (Å²) in [5.74, 6) is 1.66. The molecule has 100 valence electrons. The lowest BCUT2D eigenvalue weighted by atomic mass is 10.0. The van der Waals surface area contributed by atoms with Gasteiger partial charge in [0.25, 0.3) is 0 Å². The number of anilines is 1. The van der Waals surface area contributed by atoms with E-state index in [2.05, 4.69) is 0 Å². The van der Waals surface area contributed by atoms with Gasteiger partial charge in [0, 0.05) is 24.9 Å². The molecular formula is C16H20N2O. The molecule has 1 aromatic carbocycles. The van der Waals surface area contributed by atoms with E-state index >= 15 is 0 Å². The summed E-state index contributed by atoms with van der Waals surface area (Å²) < 4.78 is 0. The lowest BCUT2D eigenvalue weighted by Crippen LogP contribution is -2.27. The number of benzene rings is 1. The minimum Gasteiger partial charge on any atom is -0.399 e. The Balaban J connectivity index is 1.61. The van der Waals surface area contributed by atoms with Crippen LogP contribution in [0, 0.1) is 11.8 Å². The molecule has 1 saturated heterocycles. The first kappa shape index (κ1) is 12.3. The Hall–Kier alpha value is -1.77. The molecule has 3 heteroatoms. The number of hydrogen-bond donors (Lipinski definition) is 1. The molecule has 2 unspecified atom stereocenters. The second-order valence-electron chi connectivity index (χ2n) is 5.69. The number of nitrogens with zero attached hydrogens (tertiary/aromatic N) is 1. The molecule has 1 amide bonds. The molecule has 3 nitrogen and oxygen atoms in total. The van der Waals surface area contributed by atoms with E-state index in [1.807, 2.05) is 35.2 Å². The Kier molecular flexibility index (Phi) is 3.28. The number of carbonyl (C=O) groups is 1. The maximum Gasteiger partial charge on any atom is 0.246 e. The van der Waals surface area contributed by atoms with Gasteiger partial charge in [-0.25, -0.2) is 0 Å². The summed E-state index contributed by atoms with van der Waals surface area (Å²) in [4.78, 5) is 14.1. The van der Waals surface area contributed by atoms with Crippen LogP contribution in [0.3, 0.4) is 0 Å². The summed E-state index contributed by atoms with van der Waals surface area (Å²) in [6.45, 7) is 1.91. The monoisotopic (exact) mass is 256 g/mol. The molecule has 0 bridgehead atoms. The zero-order valence-electron chi connectivity index (χ0n) is 11.1. The Morgan fingerprint density at radius 1 is 1.16 bits per heavy atom. The lowest BCUT2D eigenvalue weighted by Gasteiger charge is -2.14. The lowest BCUT2D eigenvalue weighted by molar-refractivity contribution is -0.125. The third kappa shape index (κ3) is 2.65. The summed E-state index contributed by atoms with van der Waals surface area (Å²) in [5.41, 5.74) is 7.40. The SMILES string of the molecule is Nc1ccc(/C=C/C(=O)N2CC3CCCC3C2)cc1. The Morgan fingerprint density at radius 2 is 1.79 bits per heavy atom. The minimum atomic E-state index is 0.145. The van der Waals surface area contributed by atoms with Crippen LogP contribution >= 0.6 is 0 Å². The summed E-state index contributed by atoms with van der Waals surface area (Å²) in [6.07, 6.45) is 7.51. The van der Waals surface area contributed by atoms with Crippen LogP contribution in [-0.2, 0) is 4.79 Å². The number of nitrogens with two attached hydrogens (primary N) is 1. The largest absolute Gasteiger partial charge is 0.399 e. The van der Waals surface area contributed by atoms with Gasteiger partial charge in [-0.1, -0.05) is 18.6 Å². The molecule has 1 aromatic rings. The van der Waals surface area contributed by atoms with Gasteiger partial charge in [-0.15, -0.1) is 0 Å². The highest BCUT2D eigenvalue weighted by Crippen LogP contribution is 2.37. The molecule has 3 rings (SSSR count). The van der Waals surface area contributed by atoms with Crippen molar-refractivity contribution in [2.75, 3.05) is 18.8 Å². The van der Waals surface area contributed by atoms with Gasteiger partial charge in [0.2, 0.25) is 5.91 Å². The zero-order valence-corrected chi connectivity index (χ0v) is 11.1. The van der Waals surface area contributed by atoms with Gasteiger partial charge in [0.15, 0.2) is 0 Å². The van der Waals surface area contributed by atoms with Gasteiger partial charge < -0.3 is 10.6 Å². The van der Waals surface area contributed by atoms with Gasteiger partial charge in [0.05, 0.1) is 0 Å². The van der Waals surface area contributed by atoms with Gasteiger partial charge in [-0.3, -0.25) is 4.79 Å². The second kappa shape index (κ2) is 5.08. The van der Waals surface area contributed by atoms with Crippen molar-refractivity contribution in [3.63, 3.8) is 0 Å². The number of carbonyl (C=O) groups excluding carboxylic acids is 1. The molecule has 2 fully saturated rings. The summed E-state index contributed by atoms with van der Waals surface area (Å²) in [7, 11) is 0. The third-order valence-electron chi connectivity index (χ3n) is 4.39. The van der Waals surface area contributed by atoms with Crippen molar-refractivity contribution in [3.05, 3.63) is 35.9 Å². The van der Waals surface area contributed by atoms with Crippen LogP contribution in [0.1, 0.15) is 24.8 Å². The molecule has 2 atom stereocenters. The van der Waals surface area contributed by atoms with E-state index in [1.165, 1.54) is 19.3 Å². The van der Waals surface area contributed by atoms with Crippen molar-refractivity contribution in [1.82, 2.24) is 4.90 Å². The Labute approximate surface area is 114 Å². The van der Waals surface area contributed by atoms with Crippen molar-refractivity contribution in [3.8, 4) is 0 Å². The van der Waals surface area contributed by atoms with Crippen LogP contribution in [-0.4, -0.2) is 23.9 Å². The second-order valence-corrected chi connectivity index (χ2v) is 5.69. The van der Waals surface area contributed by atoms with Gasteiger partial charge in [0.1, 0.15) is 0 Å². The van der Waals surface area contributed by atoms with Crippen molar-refractivity contribution in [2.45, 2.75) is 19.3 Å². The fourth-order valence-corrected chi connectivity index (χ4v) is 3.30. The zero-order chi connectivity index (χ0) is 13.2. The number of hydrogen-bond acceptors (Lipinski definition) is 2. The van der Waals surface area contributed by atoms with Crippen LogP contribution in [0.2, 0.25) is 0 Å². The van der Waals surface area contributed by atoms with E-state index in [1.54, 1.807) is 6.08 Å². The van der Waals surface area contributed by atoms with Crippen molar-refractivity contribution in [2.24, 2.45) is 11.8 Å². The highest BCUT2D eigenvalue weighted by molar-refractivity contribution is 5.92. The number of fused-ring (bicyclic) bond motifs is 1. The normalized spacial score (nSPS) is 26.0. The highest BCUT2D eigenvalue weighted by Gasteiger charge is 2.37. The van der Waals surface area contributed by atoms with Crippen molar-refractivity contribution < 1.29 is 4.79 Å².